The van der Waals surface area contributed by atoms with E-state index in [1.807, 2.05) is 65.0 Å². The fourth-order valence-corrected chi connectivity index (χ4v) is 3.66. The van der Waals surface area contributed by atoms with Crippen molar-refractivity contribution in [3.8, 4) is 11.5 Å². The van der Waals surface area contributed by atoms with Gasteiger partial charge in [0.25, 0.3) is 5.91 Å². The number of carbonyl (C=O) groups excluding carboxylic acids is 2. The maximum Gasteiger partial charge on any atom is 0.363 e. The van der Waals surface area contributed by atoms with Gasteiger partial charge in [0, 0.05) is 17.6 Å². The van der Waals surface area contributed by atoms with E-state index in [1.165, 1.54) is 0 Å². The van der Waals surface area contributed by atoms with E-state index in [1.54, 1.807) is 29.2 Å². The molecule has 0 saturated heterocycles. The fraction of sp³-hybridized carbons (Fsp3) is 0.346. The number of cyclic esters (lactones) is 1. The summed E-state index contributed by atoms with van der Waals surface area (Å²) in [5.41, 5.74) is 1.63. The summed E-state index contributed by atoms with van der Waals surface area (Å²) in [6.45, 7) is 10.1. The average molecular weight is 451 g/mol. The van der Waals surface area contributed by atoms with E-state index in [9.17, 15) is 9.59 Å². The molecule has 1 amide bonds. The van der Waals surface area contributed by atoms with Crippen molar-refractivity contribution in [1.29, 1.82) is 0 Å². The predicted molar refractivity (Wildman–Crippen MR) is 127 cm³/mol. The van der Waals surface area contributed by atoms with Crippen LogP contribution in [0.1, 0.15) is 45.7 Å². The highest BCUT2D eigenvalue weighted by Gasteiger charge is 2.24. The van der Waals surface area contributed by atoms with Gasteiger partial charge in [0.2, 0.25) is 5.90 Å². The van der Waals surface area contributed by atoms with Crippen LogP contribution in [0, 0.1) is 0 Å². The van der Waals surface area contributed by atoms with E-state index in [0.717, 1.165) is 5.56 Å². The molecule has 174 valence electrons. The van der Waals surface area contributed by atoms with Crippen molar-refractivity contribution in [2.75, 3.05) is 13.2 Å². The molecule has 1 aliphatic heterocycles. The second-order valence-electron chi connectivity index (χ2n) is 8.12. The van der Waals surface area contributed by atoms with Crippen LogP contribution < -0.4 is 9.47 Å². The van der Waals surface area contributed by atoms with Gasteiger partial charge in [-0.15, -0.1) is 0 Å². The molecular weight excluding hydrogens is 420 g/mol. The van der Waals surface area contributed by atoms with Crippen LogP contribution in [0.3, 0.4) is 0 Å². The van der Waals surface area contributed by atoms with Crippen LogP contribution in [0.4, 0.5) is 0 Å². The van der Waals surface area contributed by atoms with Gasteiger partial charge in [-0.2, -0.15) is 0 Å². The average Bonchev–Trinajstić information content (AvgIpc) is 3.13. The van der Waals surface area contributed by atoms with Gasteiger partial charge in [-0.1, -0.05) is 24.3 Å². The summed E-state index contributed by atoms with van der Waals surface area (Å²) in [5, 5.41) is 0. The SMILES string of the molecule is CCOc1cc(/C=C2\N=C(c3ccccc3)OC2=O)ccc1OCC(=O)N(C(C)C)C(C)C. The third-order valence-electron chi connectivity index (χ3n) is 4.96. The van der Waals surface area contributed by atoms with Crippen molar-refractivity contribution in [3.63, 3.8) is 0 Å². The molecular formula is C26H30N2O5. The lowest BCUT2D eigenvalue weighted by atomic mass is 10.1. The van der Waals surface area contributed by atoms with Crippen LogP contribution >= 0.6 is 0 Å². The first-order valence-electron chi connectivity index (χ1n) is 11.1. The Bertz CT molecular complexity index is 1050. The van der Waals surface area contributed by atoms with Gasteiger partial charge in [-0.05, 0) is 70.5 Å². The number of esters is 1. The first-order valence-corrected chi connectivity index (χ1v) is 11.1. The summed E-state index contributed by atoms with van der Waals surface area (Å²) in [5.74, 6) is 0.613. The summed E-state index contributed by atoms with van der Waals surface area (Å²) in [7, 11) is 0. The van der Waals surface area contributed by atoms with Crippen molar-refractivity contribution in [3.05, 3.63) is 65.4 Å². The maximum absolute atomic E-state index is 12.6. The number of hydrogen-bond acceptors (Lipinski definition) is 6. The summed E-state index contributed by atoms with van der Waals surface area (Å²) in [6.07, 6.45) is 1.63. The minimum atomic E-state index is -0.514. The van der Waals surface area contributed by atoms with Gasteiger partial charge in [0.05, 0.1) is 6.61 Å². The molecule has 0 aromatic heterocycles. The normalized spacial score (nSPS) is 14.5. The molecule has 3 rings (SSSR count). The molecule has 0 N–H and O–H groups in total. The molecule has 0 radical (unpaired) electrons. The molecule has 1 aliphatic rings. The van der Waals surface area contributed by atoms with E-state index >= 15 is 0 Å². The minimum absolute atomic E-state index is 0.0777. The van der Waals surface area contributed by atoms with E-state index in [4.69, 9.17) is 14.2 Å². The highest BCUT2D eigenvalue weighted by molar-refractivity contribution is 6.12. The van der Waals surface area contributed by atoms with E-state index in [-0.39, 0.29) is 36.2 Å². The zero-order valence-electron chi connectivity index (χ0n) is 19.7. The zero-order valence-corrected chi connectivity index (χ0v) is 19.7. The molecule has 0 unspecified atom stereocenters. The van der Waals surface area contributed by atoms with Crippen LogP contribution in [0.15, 0.2) is 59.2 Å². The third kappa shape index (κ3) is 6.00. The van der Waals surface area contributed by atoms with E-state index in [2.05, 4.69) is 4.99 Å². The molecule has 0 bridgehead atoms. The Labute approximate surface area is 194 Å². The third-order valence-corrected chi connectivity index (χ3v) is 4.96. The van der Waals surface area contributed by atoms with Crippen LogP contribution in [0.2, 0.25) is 0 Å². The maximum atomic E-state index is 12.6. The van der Waals surface area contributed by atoms with Crippen molar-refractivity contribution in [2.45, 2.75) is 46.7 Å². The van der Waals surface area contributed by atoms with Crippen molar-refractivity contribution in [2.24, 2.45) is 4.99 Å². The van der Waals surface area contributed by atoms with Crippen LogP contribution in [0.5, 0.6) is 11.5 Å². The summed E-state index contributed by atoms with van der Waals surface area (Å²) in [4.78, 5) is 31.0. The molecule has 0 fully saturated rings. The lowest BCUT2D eigenvalue weighted by Crippen LogP contribution is -2.44. The standard InChI is InChI=1S/C26H30N2O5/c1-6-31-23-15-19(12-13-22(23)32-16-24(29)28(17(2)3)18(4)5)14-21-26(30)33-25(27-21)20-10-8-7-9-11-20/h7-15,17-18H,6,16H2,1-5H3/b21-14-. The Morgan fingerprint density at radius 2 is 1.73 bits per heavy atom. The molecule has 1 heterocycles. The predicted octanol–water partition coefficient (Wildman–Crippen LogP) is 4.45. The monoisotopic (exact) mass is 450 g/mol. The van der Waals surface area contributed by atoms with Crippen LogP contribution in [-0.4, -0.2) is 48.0 Å². The smallest absolute Gasteiger partial charge is 0.363 e. The Kier molecular flexibility index (Phi) is 7.87. The Balaban J connectivity index is 1.79. The highest BCUT2D eigenvalue weighted by Crippen LogP contribution is 2.30. The molecule has 0 saturated carbocycles. The summed E-state index contributed by atoms with van der Waals surface area (Å²) in [6, 6.07) is 14.7. The summed E-state index contributed by atoms with van der Waals surface area (Å²) >= 11 is 0. The lowest BCUT2D eigenvalue weighted by molar-refractivity contribution is -0.137. The van der Waals surface area contributed by atoms with Gasteiger partial charge < -0.3 is 19.1 Å². The Morgan fingerprint density at radius 3 is 2.36 bits per heavy atom. The number of hydrogen-bond donors (Lipinski definition) is 0. The molecule has 0 atom stereocenters. The molecule has 7 nitrogen and oxygen atoms in total. The van der Waals surface area contributed by atoms with E-state index < -0.39 is 5.97 Å². The molecule has 0 aliphatic carbocycles. The number of nitrogens with zero attached hydrogens (tertiary/aromatic N) is 2. The Hall–Kier alpha value is -3.61. The molecule has 33 heavy (non-hydrogen) atoms. The Morgan fingerprint density at radius 1 is 1.03 bits per heavy atom. The quantitative estimate of drug-likeness (QED) is 0.417. The minimum Gasteiger partial charge on any atom is -0.490 e. The van der Waals surface area contributed by atoms with Crippen molar-refractivity contribution in [1.82, 2.24) is 4.90 Å². The first-order chi connectivity index (χ1) is 15.8. The zero-order chi connectivity index (χ0) is 24.0. The van der Waals surface area contributed by atoms with Crippen molar-refractivity contribution < 1.29 is 23.8 Å². The fourth-order valence-electron chi connectivity index (χ4n) is 3.66. The molecule has 2 aromatic carbocycles. The summed E-state index contributed by atoms with van der Waals surface area (Å²) < 4.78 is 16.8. The molecule has 0 spiro atoms. The van der Waals surface area contributed by atoms with Gasteiger partial charge >= 0.3 is 5.97 Å². The van der Waals surface area contributed by atoms with Gasteiger partial charge in [-0.3, -0.25) is 4.79 Å². The number of ether oxygens (including phenoxy) is 3. The second-order valence-corrected chi connectivity index (χ2v) is 8.12. The second kappa shape index (κ2) is 10.8. The lowest BCUT2D eigenvalue weighted by Gasteiger charge is -2.30. The first kappa shape index (κ1) is 24.0. The number of rotatable bonds is 9. The number of amides is 1. The highest BCUT2D eigenvalue weighted by atomic mass is 16.6. The van der Waals surface area contributed by atoms with Crippen LogP contribution in [0.25, 0.3) is 6.08 Å². The number of carbonyl (C=O) groups is 2. The van der Waals surface area contributed by atoms with E-state index in [0.29, 0.717) is 23.7 Å². The van der Waals surface area contributed by atoms with Gasteiger partial charge in [0.15, 0.2) is 23.8 Å². The van der Waals surface area contributed by atoms with Crippen molar-refractivity contribution >= 4 is 23.9 Å². The molecule has 2 aromatic rings. The van der Waals surface area contributed by atoms with Gasteiger partial charge in [0.1, 0.15) is 0 Å². The number of benzene rings is 2. The topological polar surface area (TPSA) is 77.4 Å². The number of aliphatic imine (C=N–C) groups is 1. The van der Waals surface area contributed by atoms with Crippen LogP contribution in [-0.2, 0) is 14.3 Å². The largest absolute Gasteiger partial charge is 0.490 e. The van der Waals surface area contributed by atoms with Gasteiger partial charge in [-0.25, -0.2) is 9.79 Å². The molecule has 7 heteroatoms.